The second-order valence-corrected chi connectivity index (χ2v) is 6.16. The molecule has 1 atom stereocenters. The zero-order chi connectivity index (χ0) is 13.9. The van der Waals surface area contributed by atoms with E-state index < -0.39 is 6.10 Å². The number of aliphatic hydroxyl groups is 1. The molecular formula is C16H26O2. The van der Waals surface area contributed by atoms with Gasteiger partial charge >= 0.3 is 0 Å². The quantitative estimate of drug-likeness (QED) is 0.888. The van der Waals surface area contributed by atoms with Gasteiger partial charge in [-0.15, -0.1) is 0 Å². The topological polar surface area (TPSA) is 29.5 Å². The molecule has 0 radical (unpaired) electrons. The molecule has 102 valence electrons. The molecule has 0 aromatic heterocycles. The molecule has 1 aromatic rings. The number of hydrogen-bond acceptors (Lipinski definition) is 2. The molecule has 0 aliphatic heterocycles. The Bertz CT molecular complexity index is 379. The molecule has 1 N–H and O–H groups in total. The van der Waals surface area contributed by atoms with Gasteiger partial charge in [-0.2, -0.15) is 0 Å². The molecule has 0 spiro atoms. The average molecular weight is 250 g/mol. The summed E-state index contributed by atoms with van der Waals surface area (Å²) in [5.41, 5.74) is 4.82. The van der Waals surface area contributed by atoms with Crippen molar-refractivity contribution < 1.29 is 9.84 Å². The van der Waals surface area contributed by atoms with E-state index in [2.05, 4.69) is 32.9 Å². The van der Waals surface area contributed by atoms with Crippen molar-refractivity contribution in [2.24, 2.45) is 0 Å². The monoisotopic (exact) mass is 250 g/mol. The minimum absolute atomic E-state index is 0.196. The molecule has 1 unspecified atom stereocenters. The molecule has 0 saturated heterocycles. The minimum atomic E-state index is -0.440. The summed E-state index contributed by atoms with van der Waals surface area (Å²) < 4.78 is 5.62. The van der Waals surface area contributed by atoms with Crippen LogP contribution in [0.2, 0.25) is 0 Å². The lowest BCUT2D eigenvalue weighted by Crippen LogP contribution is -2.27. The van der Waals surface area contributed by atoms with Gasteiger partial charge in [0.1, 0.15) is 0 Å². The van der Waals surface area contributed by atoms with Gasteiger partial charge in [-0.3, -0.25) is 0 Å². The Morgan fingerprint density at radius 1 is 1.11 bits per heavy atom. The van der Waals surface area contributed by atoms with E-state index in [1.807, 2.05) is 20.8 Å². The van der Waals surface area contributed by atoms with Crippen LogP contribution in [0.15, 0.2) is 12.1 Å². The SMILES string of the molecule is Cc1cc(C)c(CC(O)COC(C)(C)C)c(C)c1. The van der Waals surface area contributed by atoms with Crippen LogP contribution in [-0.4, -0.2) is 23.4 Å². The van der Waals surface area contributed by atoms with E-state index in [4.69, 9.17) is 4.74 Å². The van der Waals surface area contributed by atoms with Crippen LogP contribution in [0.4, 0.5) is 0 Å². The molecule has 0 amide bonds. The highest BCUT2D eigenvalue weighted by Gasteiger charge is 2.15. The Morgan fingerprint density at radius 2 is 1.61 bits per heavy atom. The van der Waals surface area contributed by atoms with Gasteiger partial charge in [-0.05, 0) is 58.2 Å². The number of aliphatic hydroxyl groups excluding tert-OH is 1. The van der Waals surface area contributed by atoms with Gasteiger partial charge in [0, 0.05) is 6.42 Å². The van der Waals surface area contributed by atoms with E-state index in [0.717, 1.165) is 0 Å². The van der Waals surface area contributed by atoms with Crippen LogP contribution in [0.3, 0.4) is 0 Å². The summed E-state index contributed by atoms with van der Waals surface area (Å²) in [6, 6.07) is 4.33. The molecule has 0 fully saturated rings. The number of benzene rings is 1. The smallest absolute Gasteiger partial charge is 0.0814 e. The zero-order valence-electron chi connectivity index (χ0n) is 12.5. The summed E-state index contributed by atoms with van der Waals surface area (Å²) in [4.78, 5) is 0. The first-order valence-corrected chi connectivity index (χ1v) is 6.58. The third kappa shape index (κ3) is 4.79. The highest BCUT2D eigenvalue weighted by molar-refractivity contribution is 5.37. The summed E-state index contributed by atoms with van der Waals surface area (Å²) in [6.07, 6.45) is 0.220. The maximum Gasteiger partial charge on any atom is 0.0814 e. The van der Waals surface area contributed by atoms with Crippen molar-refractivity contribution in [3.8, 4) is 0 Å². The molecule has 0 heterocycles. The summed E-state index contributed by atoms with van der Waals surface area (Å²) >= 11 is 0. The Balaban J connectivity index is 2.68. The fourth-order valence-electron chi connectivity index (χ4n) is 2.17. The predicted octanol–water partition coefficient (Wildman–Crippen LogP) is 3.33. The van der Waals surface area contributed by atoms with Crippen LogP contribution in [-0.2, 0) is 11.2 Å². The summed E-state index contributed by atoms with van der Waals surface area (Å²) in [6.45, 7) is 12.7. The van der Waals surface area contributed by atoms with E-state index >= 15 is 0 Å². The first kappa shape index (κ1) is 15.2. The molecular weight excluding hydrogens is 224 g/mol. The van der Waals surface area contributed by atoms with Crippen LogP contribution in [0, 0.1) is 20.8 Å². The molecule has 2 nitrogen and oxygen atoms in total. The third-order valence-corrected chi connectivity index (χ3v) is 2.99. The van der Waals surface area contributed by atoms with Crippen molar-refractivity contribution in [3.05, 3.63) is 34.4 Å². The number of ether oxygens (including phenoxy) is 1. The number of rotatable bonds is 4. The zero-order valence-corrected chi connectivity index (χ0v) is 12.5. The maximum absolute atomic E-state index is 10.1. The van der Waals surface area contributed by atoms with Gasteiger partial charge in [-0.1, -0.05) is 17.7 Å². The Labute approximate surface area is 111 Å². The van der Waals surface area contributed by atoms with E-state index in [-0.39, 0.29) is 5.60 Å². The molecule has 1 rings (SSSR count). The fraction of sp³-hybridized carbons (Fsp3) is 0.625. The Hall–Kier alpha value is -0.860. The summed E-state index contributed by atoms with van der Waals surface area (Å²) in [7, 11) is 0. The van der Waals surface area contributed by atoms with Crippen molar-refractivity contribution in [2.75, 3.05) is 6.61 Å². The molecule has 0 aliphatic rings. The lowest BCUT2D eigenvalue weighted by atomic mass is 9.95. The lowest BCUT2D eigenvalue weighted by Gasteiger charge is -2.23. The Kier molecular flexibility index (Phi) is 4.94. The van der Waals surface area contributed by atoms with E-state index in [1.165, 1.54) is 22.3 Å². The largest absolute Gasteiger partial charge is 0.390 e. The lowest BCUT2D eigenvalue weighted by molar-refractivity contribution is -0.0483. The van der Waals surface area contributed by atoms with Crippen LogP contribution >= 0.6 is 0 Å². The standard InChI is InChI=1S/C16H26O2/c1-11-7-12(2)15(13(3)8-11)9-14(17)10-18-16(4,5)6/h7-8,14,17H,9-10H2,1-6H3. The van der Waals surface area contributed by atoms with Gasteiger partial charge < -0.3 is 9.84 Å². The van der Waals surface area contributed by atoms with Gasteiger partial charge in [0.05, 0.1) is 18.3 Å². The molecule has 0 bridgehead atoms. The van der Waals surface area contributed by atoms with Crippen LogP contribution in [0.1, 0.15) is 43.0 Å². The predicted molar refractivity (Wildman–Crippen MR) is 76.1 cm³/mol. The number of aryl methyl sites for hydroxylation is 3. The third-order valence-electron chi connectivity index (χ3n) is 2.99. The summed E-state index contributed by atoms with van der Waals surface area (Å²) in [5.74, 6) is 0. The van der Waals surface area contributed by atoms with Crippen LogP contribution in [0.25, 0.3) is 0 Å². The highest BCUT2D eigenvalue weighted by Crippen LogP contribution is 2.19. The van der Waals surface area contributed by atoms with E-state index in [0.29, 0.717) is 13.0 Å². The van der Waals surface area contributed by atoms with Crippen molar-refractivity contribution >= 4 is 0 Å². The van der Waals surface area contributed by atoms with Crippen LogP contribution in [0.5, 0.6) is 0 Å². The molecule has 2 heteroatoms. The van der Waals surface area contributed by atoms with Gasteiger partial charge in [0.25, 0.3) is 0 Å². The highest BCUT2D eigenvalue weighted by atomic mass is 16.5. The molecule has 0 aliphatic carbocycles. The van der Waals surface area contributed by atoms with Gasteiger partial charge in [-0.25, -0.2) is 0 Å². The Morgan fingerprint density at radius 3 is 2.06 bits per heavy atom. The summed E-state index contributed by atoms with van der Waals surface area (Å²) in [5, 5.41) is 10.1. The normalized spacial score (nSPS) is 13.7. The fourth-order valence-corrected chi connectivity index (χ4v) is 2.17. The van der Waals surface area contributed by atoms with Gasteiger partial charge in [0.15, 0.2) is 0 Å². The average Bonchev–Trinajstić information content (AvgIpc) is 2.19. The molecule has 1 aromatic carbocycles. The van der Waals surface area contributed by atoms with Crippen molar-refractivity contribution in [1.29, 1.82) is 0 Å². The first-order chi connectivity index (χ1) is 8.19. The van der Waals surface area contributed by atoms with Gasteiger partial charge in [0.2, 0.25) is 0 Å². The molecule has 18 heavy (non-hydrogen) atoms. The van der Waals surface area contributed by atoms with Crippen molar-refractivity contribution in [2.45, 2.75) is 59.7 Å². The second-order valence-electron chi connectivity index (χ2n) is 6.16. The minimum Gasteiger partial charge on any atom is -0.390 e. The van der Waals surface area contributed by atoms with Crippen LogP contribution < -0.4 is 0 Å². The maximum atomic E-state index is 10.1. The second kappa shape index (κ2) is 5.85. The van der Waals surface area contributed by atoms with Crippen molar-refractivity contribution in [1.82, 2.24) is 0 Å². The van der Waals surface area contributed by atoms with E-state index in [1.54, 1.807) is 0 Å². The van der Waals surface area contributed by atoms with Crippen molar-refractivity contribution in [3.63, 3.8) is 0 Å². The number of hydrogen-bond donors (Lipinski definition) is 1. The first-order valence-electron chi connectivity index (χ1n) is 6.58. The molecule has 0 saturated carbocycles. The van der Waals surface area contributed by atoms with E-state index in [9.17, 15) is 5.11 Å².